The van der Waals surface area contributed by atoms with Crippen LogP contribution < -0.4 is 5.32 Å². The van der Waals surface area contributed by atoms with Crippen LogP contribution in [-0.2, 0) is 14.1 Å². The number of carbonyl (C=O) groups excluding carboxylic acids is 1. The van der Waals surface area contributed by atoms with Crippen molar-refractivity contribution in [3.8, 4) is 0 Å². The van der Waals surface area contributed by atoms with Crippen LogP contribution in [0.25, 0.3) is 0 Å². The highest BCUT2D eigenvalue weighted by atomic mass is 16.7. The maximum atomic E-state index is 13.7. The standard InChI is InChI=1S/C27H49BN2O3/c1-24(2,3)29-23(31)27(8)17-19(15-16-28-32-25(4,5)26(6,7)33-28)9-10-20(27)18-30-21-11-12-22(30)14-13-21/h19-22H,9-18H2,1-8H3,(H,29,31)/t19-,20?,21?,22?,27-/m0/s1. The van der Waals surface area contributed by atoms with Crippen LogP contribution in [0.5, 0.6) is 0 Å². The fraction of sp³-hybridized carbons (Fsp3) is 0.963. The molecule has 1 N–H and O–H groups in total. The van der Waals surface area contributed by atoms with Gasteiger partial charge in [-0.2, -0.15) is 0 Å². The minimum absolute atomic E-state index is 0.136. The molecule has 3 heterocycles. The van der Waals surface area contributed by atoms with Crippen LogP contribution in [0.4, 0.5) is 0 Å². The molecular weight excluding hydrogens is 411 g/mol. The molecule has 0 aromatic heterocycles. The number of nitrogens with one attached hydrogen (secondary N) is 1. The van der Waals surface area contributed by atoms with E-state index in [1.165, 1.54) is 32.1 Å². The number of nitrogens with zero attached hydrogens (tertiary/aromatic N) is 1. The quantitative estimate of drug-likeness (QED) is 0.537. The second-order valence-electron chi connectivity index (χ2n) is 13.9. The van der Waals surface area contributed by atoms with Gasteiger partial charge in [0.05, 0.1) is 16.6 Å². The smallest absolute Gasteiger partial charge is 0.403 e. The van der Waals surface area contributed by atoms with Crippen molar-refractivity contribution in [2.75, 3.05) is 6.54 Å². The Balaban J connectivity index is 1.42. The van der Waals surface area contributed by atoms with Gasteiger partial charge in [-0.15, -0.1) is 0 Å². The zero-order chi connectivity index (χ0) is 24.2. The molecule has 4 fully saturated rings. The minimum Gasteiger partial charge on any atom is -0.403 e. The molecule has 188 valence electrons. The molecule has 3 saturated heterocycles. The zero-order valence-corrected chi connectivity index (χ0v) is 22.6. The van der Waals surface area contributed by atoms with Gasteiger partial charge in [-0.05, 0) is 105 Å². The number of amides is 1. The van der Waals surface area contributed by atoms with Crippen molar-refractivity contribution >= 4 is 13.0 Å². The average molecular weight is 461 g/mol. The third-order valence-corrected chi connectivity index (χ3v) is 9.69. The van der Waals surface area contributed by atoms with E-state index in [4.69, 9.17) is 9.31 Å². The Morgan fingerprint density at radius 1 is 0.939 bits per heavy atom. The summed E-state index contributed by atoms with van der Waals surface area (Å²) < 4.78 is 12.5. The molecule has 1 saturated carbocycles. The maximum absolute atomic E-state index is 13.7. The van der Waals surface area contributed by atoms with Gasteiger partial charge in [-0.3, -0.25) is 9.69 Å². The van der Waals surface area contributed by atoms with Crippen LogP contribution in [0.3, 0.4) is 0 Å². The molecule has 1 amide bonds. The fourth-order valence-corrected chi connectivity index (χ4v) is 6.95. The second kappa shape index (κ2) is 8.82. The summed E-state index contributed by atoms with van der Waals surface area (Å²) in [6.45, 7) is 18.2. The Morgan fingerprint density at radius 2 is 1.48 bits per heavy atom. The molecule has 5 nitrogen and oxygen atoms in total. The van der Waals surface area contributed by atoms with E-state index in [9.17, 15) is 4.79 Å². The van der Waals surface area contributed by atoms with E-state index in [-0.39, 0.29) is 35.2 Å². The summed E-state index contributed by atoms with van der Waals surface area (Å²) in [6, 6.07) is 1.54. The molecule has 1 unspecified atom stereocenters. The van der Waals surface area contributed by atoms with Gasteiger partial charge in [0, 0.05) is 24.2 Å². The lowest BCUT2D eigenvalue weighted by Crippen LogP contribution is -2.55. The van der Waals surface area contributed by atoms with E-state index in [0.29, 0.717) is 11.8 Å². The molecule has 33 heavy (non-hydrogen) atoms. The van der Waals surface area contributed by atoms with Gasteiger partial charge in [-0.25, -0.2) is 0 Å². The first-order valence-electron chi connectivity index (χ1n) is 13.6. The summed E-state index contributed by atoms with van der Waals surface area (Å²) in [7, 11) is -0.136. The molecule has 6 heteroatoms. The molecule has 3 atom stereocenters. The number of fused-ring (bicyclic) bond motifs is 2. The number of rotatable bonds is 6. The maximum Gasteiger partial charge on any atom is 0.457 e. The Labute approximate surface area is 203 Å². The van der Waals surface area contributed by atoms with Crippen molar-refractivity contribution in [2.45, 2.75) is 142 Å². The minimum atomic E-state index is -0.311. The lowest BCUT2D eigenvalue weighted by molar-refractivity contribution is -0.139. The first-order valence-corrected chi connectivity index (χ1v) is 13.6. The van der Waals surface area contributed by atoms with Crippen molar-refractivity contribution in [1.29, 1.82) is 0 Å². The Bertz CT molecular complexity index is 697. The van der Waals surface area contributed by atoms with Crippen molar-refractivity contribution in [3.63, 3.8) is 0 Å². The van der Waals surface area contributed by atoms with Crippen LogP contribution >= 0.6 is 0 Å². The largest absolute Gasteiger partial charge is 0.457 e. The zero-order valence-electron chi connectivity index (χ0n) is 22.6. The van der Waals surface area contributed by atoms with Gasteiger partial charge in [0.15, 0.2) is 0 Å². The SMILES string of the molecule is CC(C)(C)NC(=O)[C@@]1(C)C[C@H](CCB2OC(C)(C)C(C)(C)O2)CCC1CN1C2CCC1CC2. The molecule has 3 aliphatic heterocycles. The van der Waals surface area contributed by atoms with E-state index >= 15 is 0 Å². The van der Waals surface area contributed by atoms with E-state index in [2.05, 4.69) is 65.6 Å². The molecular formula is C27H49BN2O3. The van der Waals surface area contributed by atoms with E-state index in [1.807, 2.05) is 0 Å². The van der Waals surface area contributed by atoms with Crippen LogP contribution in [0.15, 0.2) is 0 Å². The van der Waals surface area contributed by atoms with Gasteiger partial charge in [0.25, 0.3) is 0 Å². The first-order chi connectivity index (χ1) is 15.2. The molecule has 4 rings (SSSR count). The highest BCUT2D eigenvalue weighted by Gasteiger charge is 2.52. The van der Waals surface area contributed by atoms with E-state index in [1.54, 1.807) is 0 Å². The van der Waals surface area contributed by atoms with Crippen LogP contribution in [0.1, 0.15) is 107 Å². The van der Waals surface area contributed by atoms with E-state index in [0.717, 1.165) is 44.2 Å². The van der Waals surface area contributed by atoms with Gasteiger partial charge < -0.3 is 14.6 Å². The van der Waals surface area contributed by atoms with Gasteiger partial charge in [-0.1, -0.05) is 19.8 Å². The van der Waals surface area contributed by atoms with Crippen molar-refractivity contribution in [3.05, 3.63) is 0 Å². The first kappa shape index (κ1) is 25.5. The number of carbonyl (C=O) groups is 1. The Morgan fingerprint density at radius 3 is 2.00 bits per heavy atom. The summed E-state index contributed by atoms with van der Waals surface area (Å²) >= 11 is 0. The van der Waals surface area contributed by atoms with Crippen molar-refractivity contribution < 1.29 is 14.1 Å². The molecule has 4 aliphatic rings. The van der Waals surface area contributed by atoms with Crippen LogP contribution in [-0.4, -0.2) is 53.3 Å². The monoisotopic (exact) mass is 460 g/mol. The predicted molar refractivity (Wildman–Crippen MR) is 135 cm³/mol. The fourth-order valence-electron chi connectivity index (χ4n) is 6.95. The molecule has 0 aromatic carbocycles. The van der Waals surface area contributed by atoms with E-state index < -0.39 is 0 Å². The molecule has 1 aliphatic carbocycles. The highest BCUT2D eigenvalue weighted by molar-refractivity contribution is 6.45. The number of hydrogen-bond donors (Lipinski definition) is 1. The van der Waals surface area contributed by atoms with Gasteiger partial charge in [0.1, 0.15) is 0 Å². The van der Waals surface area contributed by atoms with Gasteiger partial charge in [0.2, 0.25) is 5.91 Å². The third kappa shape index (κ3) is 5.18. The summed E-state index contributed by atoms with van der Waals surface area (Å²) in [5.74, 6) is 1.24. The van der Waals surface area contributed by atoms with Crippen LogP contribution in [0.2, 0.25) is 6.32 Å². The molecule has 0 spiro atoms. The Kier molecular flexibility index (Phi) is 6.81. The summed E-state index contributed by atoms with van der Waals surface area (Å²) in [5, 5.41) is 3.35. The summed E-state index contributed by atoms with van der Waals surface area (Å²) in [4.78, 5) is 16.5. The second-order valence-corrected chi connectivity index (χ2v) is 13.9. The lowest BCUT2D eigenvalue weighted by atomic mass is 9.61. The van der Waals surface area contributed by atoms with Gasteiger partial charge >= 0.3 is 7.12 Å². The Hall–Kier alpha value is -0.585. The number of hydrogen-bond acceptors (Lipinski definition) is 4. The topological polar surface area (TPSA) is 50.8 Å². The summed E-state index contributed by atoms with van der Waals surface area (Å²) in [6.07, 6.45) is 10.8. The third-order valence-electron chi connectivity index (χ3n) is 9.69. The summed E-state index contributed by atoms with van der Waals surface area (Å²) in [5.41, 5.74) is -1.06. The molecule has 2 bridgehead atoms. The van der Waals surface area contributed by atoms with Crippen LogP contribution in [0, 0.1) is 17.3 Å². The van der Waals surface area contributed by atoms with Crippen molar-refractivity contribution in [1.82, 2.24) is 10.2 Å². The molecule has 0 aromatic rings. The predicted octanol–water partition coefficient (Wildman–Crippen LogP) is 5.43. The normalized spacial score (nSPS) is 38.1. The van der Waals surface area contributed by atoms with Crippen molar-refractivity contribution in [2.24, 2.45) is 17.3 Å². The lowest BCUT2D eigenvalue weighted by Gasteiger charge is -2.46. The average Bonchev–Trinajstić information content (AvgIpc) is 3.31. The molecule has 0 radical (unpaired) electrons. The highest BCUT2D eigenvalue weighted by Crippen LogP contribution is 2.49.